The van der Waals surface area contributed by atoms with Gasteiger partial charge in [-0.25, -0.2) is 0 Å². The maximum atomic E-state index is 12.8. The standard InChI is InChI=1S/C23H36O5/c1-5-9-18-13-14-23(21(24)26-6-2,22(25)27-7-3)16-19(18)11-12-20-17(4)10-8-15-28-20/h5,11-12,17-20H,1,6-10,13-16H2,2-4H3/b12-11+/t17-,18-,19-,20+/m1/s1. The maximum Gasteiger partial charge on any atom is 0.323 e. The van der Waals surface area contributed by atoms with E-state index < -0.39 is 17.4 Å². The second-order valence-electron chi connectivity index (χ2n) is 8.05. The number of ether oxygens (including phenoxy) is 3. The fraction of sp³-hybridized carbons (Fsp3) is 0.739. The summed E-state index contributed by atoms with van der Waals surface area (Å²) in [4.78, 5) is 25.6. The van der Waals surface area contributed by atoms with Gasteiger partial charge in [0.2, 0.25) is 0 Å². The predicted molar refractivity (Wildman–Crippen MR) is 109 cm³/mol. The van der Waals surface area contributed by atoms with E-state index in [1.165, 1.54) is 0 Å². The molecule has 0 aromatic carbocycles. The fourth-order valence-electron chi connectivity index (χ4n) is 4.49. The molecule has 2 aliphatic rings. The smallest absolute Gasteiger partial charge is 0.323 e. The summed E-state index contributed by atoms with van der Waals surface area (Å²) < 4.78 is 16.5. The summed E-state index contributed by atoms with van der Waals surface area (Å²) >= 11 is 0. The van der Waals surface area contributed by atoms with Crippen LogP contribution in [0.25, 0.3) is 0 Å². The third kappa shape index (κ3) is 5.25. The highest BCUT2D eigenvalue weighted by molar-refractivity contribution is 6.00. The first-order chi connectivity index (χ1) is 13.5. The third-order valence-electron chi connectivity index (χ3n) is 6.16. The van der Waals surface area contributed by atoms with Crippen molar-refractivity contribution in [2.24, 2.45) is 23.2 Å². The van der Waals surface area contributed by atoms with Gasteiger partial charge in [0, 0.05) is 6.61 Å². The number of hydrogen-bond acceptors (Lipinski definition) is 5. The summed E-state index contributed by atoms with van der Waals surface area (Å²) in [5.41, 5.74) is -1.21. The first kappa shape index (κ1) is 22.7. The lowest BCUT2D eigenvalue weighted by Gasteiger charge is -2.40. The molecule has 0 radical (unpaired) electrons. The molecule has 1 aliphatic carbocycles. The Morgan fingerprint density at radius 3 is 2.39 bits per heavy atom. The van der Waals surface area contributed by atoms with Gasteiger partial charge in [0.15, 0.2) is 5.41 Å². The zero-order valence-corrected chi connectivity index (χ0v) is 17.7. The normalized spacial score (nSPS) is 30.0. The SMILES string of the molecule is C=CC[C@@H]1CCC(C(=O)OCC)(C(=O)OCC)C[C@H]1/C=C/[C@@H]1OCCC[C@H]1C. The fourth-order valence-corrected chi connectivity index (χ4v) is 4.49. The zero-order chi connectivity index (χ0) is 20.6. The molecule has 1 saturated heterocycles. The van der Waals surface area contributed by atoms with Crippen LogP contribution in [-0.2, 0) is 23.8 Å². The van der Waals surface area contributed by atoms with E-state index in [4.69, 9.17) is 14.2 Å². The van der Waals surface area contributed by atoms with Crippen LogP contribution in [0.4, 0.5) is 0 Å². The van der Waals surface area contributed by atoms with Gasteiger partial charge in [0.25, 0.3) is 0 Å². The molecule has 0 spiro atoms. The van der Waals surface area contributed by atoms with Crippen LogP contribution < -0.4 is 0 Å². The van der Waals surface area contributed by atoms with Gasteiger partial charge in [0.05, 0.1) is 19.3 Å². The Morgan fingerprint density at radius 2 is 1.82 bits per heavy atom. The first-order valence-electron chi connectivity index (χ1n) is 10.7. The van der Waals surface area contributed by atoms with Crippen LogP contribution in [0.1, 0.15) is 59.3 Å². The molecule has 0 amide bonds. The monoisotopic (exact) mass is 392 g/mol. The van der Waals surface area contributed by atoms with Crippen LogP contribution >= 0.6 is 0 Å². The molecule has 28 heavy (non-hydrogen) atoms. The van der Waals surface area contributed by atoms with Crippen LogP contribution in [0, 0.1) is 23.2 Å². The van der Waals surface area contributed by atoms with Crippen LogP contribution in [0.15, 0.2) is 24.8 Å². The Kier molecular flexibility index (Phi) is 8.74. The number of esters is 2. The third-order valence-corrected chi connectivity index (χ3v) is 6.16. The molecule has 1 heterocycles. The van der Waals surface area contributed by atoms with Crippen LogP contribution in [0.3, 0.4) is 0 Å². The van der Waals surface area contributed by atoms with Crippen molar-refractivity contribution in [2.75, 3.05) is 19.8 Å². The highest BCUT2D eigenvalue weighted by atomic mass is 16.6. The minimum Gasteiger partial charge on any atom is -0.465 e. The highest BCUT2D eigenvalue weighted by Gasteiger charge is 2.53. The van der Waals surface area contributed by atoms with Crippen molar-refractivity contribution >= 4 is 11.9 Å². The van der Waals surface area contributed by atoms with Gasteiger partial charge >= 0.3 is 11.9 Å². The van der Waals surface area contributed by atoms with Gasteiger partial charge in [-0.2, -0.15) is 0 Å². The molecule has 158 valence electrons. The largest absolute Gasteiger partial charge is 0.465 e. The van der Waals surface area contributed by atoms with E-state index in [9.17, 15) is 9.59 Å². The molecule has 0 N–H and O–H groups in total. The van der Waals surface area contributed by atoms with Gasteiger partial charge in [0.1, 0.15) is 0 Å². The second kappa shape index (κ2) is 10.8. The van der Waals surface area contributed by atoms with Crippen molar-refractivity contribution in [3.05, 3.63) is 24.8 Å². The zero-order valence-electron chi connectivity index (χ0n) is 17.7. The topological polar surface area (TPSA) is 61.8 Å². The summed E-state index contributed by atoms with van der Waals surface area (Å²) in [7, 11) is 0. The summed E-state index contributed by atoms with van der Waals surface area (Å²) in [6.07, 6.45) is 11.1. The average molecular weight is 393 g/mol. The van der Waals surface area contributed by atoms with E-state index in [-0.39, 0.29) is 25.2 Å². The molecule has 0 aromatic heterocycles. The Morgan fingerprint density at radius 1 is 1.14 bits per heavy atom. The van der Waals surface area contributed by atoms with Crippen LogP contribution in [0.5, 0.6) is 0 Å². The molecule has 1 aliphatic heterocycles. The summed E-state index contributed by atoms with van der Waals surface area (Å²) in [6.45, 7) is 10.9. The summed E-state index contributed by atoms with van der Waals surface area (Å²) in [5, 5.41) is 0. The minimum absolute atomic E-state index is 0.0817. The minimum atomic E-state index is -1.21. The number of hydrogen-bond donors (Lipinski definition) is 0. The highest BCUT2D eigenvalue weighted by Crippen LogP contribution is 2.46. The molecule has 2 rings (SSSR count). The Balaban J connectivity index is 2.26. The van der Waals surface area contributed by atoms with E-state index in [0.29, 0.717) is 24.7 Å². The number of carbonyl (C=O) groups is 2. The van der Waals surface area contributed by atoms with Crippen molar-refractivity contribution in [3.8, 4) is 0 Å². The van der Waals surface area contributed by atoms with Gasteiger partial charge in [-0.15, -0.1) is 6.58 Å². The predicted octanol–water partition coefficient (Wildman–Crippen LogP) is 4.46. The molecular weight excluding hydrogens is 356 g/mol. The Labute approximate surface area is 169 Å². The van der Waals surface area contributed by atoms with Gasteiger partial charge < -0.3 is 14.2 Å². The Bertz CT molecular complexity index is 549. The second-order valence-corrected chi connectivity index (χ2v) is 8.05. The van der Waals surface area contributed by atoms with Crippen molar-refractivity contribution in [1.82, 2.24) is 0 Å². The van der Waals surface area contributed by atoms with E-state index in [0.717, 1.165) is 32.3 Å². The molecular formula is C23H36O5. The van der Waals surface area contributed by atoms with Gasteiger partial charge in [-0.1, -0.05) is 25.2 Å². The molecule has 0 aromatic rings. The van der Waals surface area contributed by atoms with Crippen molar-refractivity contribution < 1.29 is 23.8 Å². The molecule has 5 nitrogen and oxygen atoms in total. The van der Waals surface area contributed by atoms with E-state index in [2.05, 4.69) is 25.7 Å². The molecule has 1 saturated carbocycles. The number of carbonyl (C=O) groups excluding carboxylic acids is 2. The first-order valence-corrected chi connectivity index (χ1v) is 10.7. The van der Waals surface area contributed by atoms with E-state index >= 15 is 0 Å². The van der Waals surface area contributed by atoms with E-state index in [1.54, 1.807) is 13.8 Å². The summed E-state index contributed by atoms with van der Waals surface area (Å²) in [5.74, 6) is 0.00611. The molecule has 5 heteroatoms. The molecule has 2 fully saturated rings. The lowest BCUT2D eigenvalue weighted by Crippen LogP contribution is -2.47. The molecule has 4 atom stereocenters. The van der Waals surface area contributed by atoms with Crippen LogP contribution in [-0.4, -0.2) is 37.9 Å². The van der Waals surface area contributed by atoms with Crippen LogP contribution in [0.2, 0.25) is 0 Å². The molecule has 0 unspecified atom stereocenters. The summed E-state index contributed by atoms with van der Waals surface area (Å²) in [6, 6.07) is 0. The van der Waals surface area contributed by atoms with Crippen molar-refractivity contribution in [3.63, 3.8) is 0 Å². The maximum absolute atomic E-state index is 12.8. The van der Waals surface area contributed by atoms with Crippen molar-refractivity contribution in [1.29, 1.82) is 0 Å². The lowest BCUT2D eigenvalue weighted by atomic mass is 9.64. The van der Waals surface area contributed by atoms with E-state index in [1.807, 2.05) is 6.08 Å². The Hall–Kier alpha value is -1.62. The quantitative estimate of drug-likeness (QED) is 0.347. The molecule has 0 bridgehead atoms. The van der Waals surface area contributed by atoms with Crippen molar-refractivity contribution in [2.45, 2.75) is 65.4 Å². The lowest BCUT2D eigenvalue weighted by molar-refractivity contribution is -0.176. The van der Waals surface area contributed by atoms with Gasteiger partial charge in [-0.3, -0.25) is 9.59 Å². The average Bonchev–Trinajstić information content (AvgIpc) is 2.69. The number of allylic oxidation sites excluding steroid dienone is 2. The van der Waals surface area contributed by atoms with Gasteiger partial charge in [-0.05, 0) is 70.1 Å². The number of rotatable bonds is 8.